The molecule has 0 unspecified atom stereocenters. The number of benzene rings is 2. The Kier molecular flexibility index (Phi) is 9.35. The van der Waals surface area contributed by atoms with Crippen molar-refractivity contribution in [2.75, 3.05) is 19.5 Å². The maximum Gasteiger partial charge on any atom is 0.348 e. The molecule has 0 saturated carbocycles. The monoisotopic (exact) mass is 585 g/mol. The van der Waals surface area contributed by atoms with Gasteiger partial charge in [-0.3, -0.25) is 4.57 Å². The van der Waals surface area contributed by atoms with Crippen LogP contribution in [0.2, 0.25) is 5.28 Å². The lowest BCUT2D eigenvalue weighted by Gasteiger charge is -2.28. The van der Waals surface area contributed by atoms with Crippen LogP contribution in [0.3, 0.4) is 0 Å². The number of anilines is 1. The molecule has 41 heavy (non-hydrogen) atoms. The fourth-order valence-electron chi connectivity index (χ4n) is 4.09. The number of halogens is 1. The summed E-state index contributed by atoms with van der Waals surface area (Å²) < 4.78 is 17.9. The van der Waals surface area contributed by atoms with Gasteiger partial charge in [0.05, 0.1) is 19.0 Å². The summed E-state index contributed by atoms with van der Waals surface area (Å²) in [5.74, 6) is -2.82. The Morgan fingerprint density at radius 1 is 1.05 bits per heavy atom. The molecule has 0 spiro atoms. The number of nitrogens with zero attached hydrogens (tertiary/aromatic N) is 4. The number of carboxylic acids is 2. The van der Waals surface area contributed by atoms with Crippen LogP contribution in [0, 0.1) is 0 Å². The zero-order chi connectivity index (χ0) is 29.6. The van der Waals surface area contributed by atoms with Gasteiger partial charge in [-0.1, -0.05) is 42.5 Å². The number of fused-ring (bicyclic) bond motifs is 1. The first-order valence-electron chi connectivity index (χ1n) is 12.4. The molecule has 0 radical (unpaired) electrons. The van der Waals surface area contributed by atoms with Gasteiger partial charge in [0.15, 0.2) is 11.5 Å². The Bertz CT molecular complexity index is 1490. The molecule has 0 fully saturated rings. The number of aliphatic hydroxyl groups excluding tert-OH is 1. The molecule has 0 aliphatic carbocycles. The molecule has 2 aromatic carbocycles. The van der Waals surface area contributed by atoms with E-state index in [9.17, 15) is 24.9 Å². The number of aromatic nitrogens is 4. The quantitative estimate of drug-likeness (QED) is 0.125. The standard InChI is InChI=1S/C27H28ClN5O8/c1-39-19(11-20(34)33-15-30-21-22(29)31-26(28)32-23(21)33)14-41-27(24(35)36,25(37)38)12-16-7-9-18(10-8-16)40-13-17-5-3-2-4-6-17/h2-10,15,19-20,34H,11-14H2,1H3,(H,35,36)(H,37,38)(H2,29,31,32)/t19-,20+/m0/s1. The highest BCUT2D eigenvalue weighted by atomic mass is 35.5. The normalized spacial score (nSPS) is 13.1. The van der Waals surface area contributed by atoms with E-state index >= 15 is 0 Å². The first-order chi connectivity index (χ1) is 19.6. The van der Waals surface area contributed by atoms with Crippen molar-refractivity contribution >= 4 is 40.5 Å². The van der Waals surface area contributed by atoms with Gasteiger partial charge < -0.3 is 35.3 Å². The number of imidazole rings is 1. The van der Waals surface area contributed by atoms with Crippen molar-refractivity contribution in [2.24, 2.45) is 0 Å². The molecule has 0 aliphatic rings. The smallest absolute Gasteiger partial charge is 0.348 e. The predicted molar refractivity (Wildman–Crippen MR) is 146 cm³/mol. The second kappa shape index (κ2) is 12.9. The number of carbonyl (C=O) groups is 2. The molecule has 4 rings (SSSR count). The number of ether oxygens (including phenoxy) is 3. The van der Waals surface area contributed by atoms with Gasteiger partial charge in [0, 0.05) is 20.0 Å². The largest absolute Gasteiger partial charge is 0.489 e. The maximum absolute atomic E-state index is 12.2. The van der Waals surface area contributed by atoms with Gasteiger partial charge in [0.1, 0.15) is 24.1 Å². The summed E-state index contributed by atoms with van der Waals surface area (Å²) in [6.45, 7) is -0.126. The number of nitrogens with two attached hydrogens (primary N) is 1. The number of aliphatic carboxylic acids is 2. The summed E-state index contributed by atoms with van der Waals surface area (Å²) >= 11 is 5.88. The lowest BCUT2D eigenvalue weighted by atomic mass is 9.94. The highest BCUT2D eigenvalue weighted by Crippen LogP contribution is 2.26. The van der Waals surface area contributed by atoms with Gasteiger partial charge in [-0.15, -0.1) is 0 Å². The molecule has 2 aromatic heterocycles. The van der Waals surface area contributed by atoms with Crippen molar-refractivity contribution in [3.63, 3.8) is 0 Å². The Labute approximate surface area is 239 Å². The molecule has 14 heteroatoms. The lowest BCUT2D eigenvalue weighted by Crippen LogP contribution is -2.52. The zero-order valence-corrected chi connectivity index (χ0v) is 22.6. The van der Waals surface area contributed by atoms with E-state index in [1.165, 1.54) is 18.0 Å². The van der Waals surface area contributed by atoms with Crippen LogP contribution in [0.4, 0.5) is 5.82 Å². The minimum Gasteiger partial charge on any atom is -0.489 e. The van der Waals surface area contributed by atoms with E-state index in [2.05, 4.69) is 15.0 Å². The highest BCUT2D eigenvalue weighted by molar-refractivity contribution is 6.28. The molecule has 0 amide bonds. The fraction of sp³-hybridized carbons (Fsp3) is 0.296. The van der Waals surface area contributed by atoms with Crippen LogP contribution in [0.1, 0.15) is 23.8 Å². The van der Waals surface area contributed by atoms with Crippen molar-refractivity contribution in [1.29, 1.82) is 0 Å². The topological polar surface area (TPSA) is 192 Å². The first-order valence-corrected chi connectivity index (χ1v) is 12.7. The van der Waals surface area contributed by atoms with E-state index in [-0.39, 0.29) is 28.7 Å². The minimum atomic E-state index is -2.62. The Morgan fingerprint density at radius 3 is 2.37 bits per heavy atom. The number of carboxylic acid groups (broad SMARTS) is 2. The van der Waals surface area contributed by atoms with Crippen LogP contribution in [-0.2, 0) is 32.1 Å². The minimum absolute atomic E-state index is 0.0288. The molecule has 2 atom stereocenters. The van der Waals surface area contributed by atoms with E-state index in [4.69, 9.17) is 31.5 Å². The van der Waals surface area contributed by atoms with Gasteiger partial charge >= 0.3 is 11.9 Å². The van der Waals surface area contributed by atoms with Gasteiger partial charge in [-0.05, 0) is 34.9 Å². The summed E-state index contributed by atoms with van der Waals surface area (Å²) in [5, 5.41) is 30.5. The van der Waals surface area contributed by atoms with Gasteiger partial charge in [0.25, 0.3) is 5.60 Å². The third-order valence-corrected chi connectivity index (χ3v) is 6.55. The summed E-state index contributed by atoms with van der Waals surface area (Å²) in [4.78, 5) is 36.4. The molecule has 13 nitrogen and oxygen atoms in total. The number of nitrogen functional groups attached to an aromatic ring is 1. The Morgan fingerprint density at radius 2 is 1.73 bits per heavy atom. The third-order valence-electron chi connectivity index (χ3n) is 6.38. The number of hydrogen-bond donors (Lipinski definition) is 4. The van der Waals surface area contributed by atoms with Crippen molar-refractivity contribution in [2.45, 2.75) is 37.4 Å². The van der Waals surface area contributed by atoms with Crippen LogP contribution in [0.5, 0.6) is 5.75 Å². The number of hydrogen-bond acceptors (Lipinski definition) is 10. The molecule has 0 aliphatic heterocycles. The van der Waals surface area contributed by atoms with Crippen molar-refractivity contribution in [3.8, 4) is 5.75 Å². The SMILES string of the molecule is CO[C@H](COC(Cc1ccc(OCc2ccccc2)cc1)(C(=O)O)C(=O)O)C[C@@H](O)n1cnc2c(N)nc(Cl)nc21. The maximum atomic E-state index is 12.2. The van der Waals surface area contributed by atoms with Gasteiger partial charge in [-0.25, -0.2) is 14.6 Å². The summed E-state index contributed by atoms with van der Waals surface area (Å²) in [5.41, 5.74) is 4.96. The predicted octanol–water partition coefficient (Wildman–Crippen LogP) is 2.70. The second-order valence-corrected chi connectivity index (χ2v) is 9.46. The van der Waals surface area contributed by atoms with E-state index in [1.807, 2.05) is 30.3 Å². The molecule has 216 valence electrons. The van der Waals surface area contributed by atoms with Crippen LogP contribution in [-0.4, -0.2) is 72.2 Å². The van der Waals surface area contributed by atoms with Gasteiger partial charge in [-0.2, -0.15) is 9.97 Å². The molecular weight excluding hydrogens is 558 g/mol. The molecular formula is C27H28ClN5O8. The lowest BCUT2D eigenvalue weighted by molar-refractivity contribution is -0.188. The molecule has 2 heterocycles. The Balaban J connectivity index is 1.44. The fourth-order valence-corrected chi connectivity index (χ4v) is 4.27. The average molecular weight is 586 g/mol. The van der Waals surface area contributed by atoms with E-state index in [0.29, 0.717) is 17.9 Å². The van der Waals surface area contributed by atoms with Crippen molar-refractivity contribution < 1.29 is 39.1 Å². The van der Waals surface area contributed by atoms with E-state index in [1.54, 1.807) is 24.3 Å². The first kappa shape index (κ1) is 29.7. The van der Waals surface area contributed by atoms with Crippen molar-refractivity contribution in [1.82, 2.24) is 19.5 Å². The van der Waals surface area contributed by atoms with Gasteiger partial charge in [0.2, 0.25) is 5.28 Å². The number of rotatable bonds is 14. The van der Waals surface area contributed by atoms with Crippen molar-refractivity contribution in [3.05, 3.63) is 77.3 Å². The molecule has 5 N–H and O–H groups in total. The van der Waals surface area contributed by atoms with Crippen LogP contribution >= 0.6 is 11.6 Å². The van der Waals surface area contributed by atoms with E-state index < -0.39 is 42.9 Å². The Hall–Kier alpha value is -4.30. The number of aliphatic hydroxyl groups is 1. The molecule has 4 aromatic rings. The van der Waals surface area contributed by atoms with E-state index in [0.717, 1.165) is 5.56 Å². The number of methoxy groups -OCH3 is 1. The summed E-state index contributed by atoms with van der Waals surface area (Å²) in [6.07, 6.45) is -1.51. The molecule has 0 bridgehead atoms. The van der Waals surface area contributed by atoms with Crippen LogP contribution < -0.4 is 10.5 Å². The third kappa shape index (κ3) is 6.89. The molecule has 0 saturated heterocycles. The summed E-state index contributed by atoms with van der Waals surface area (Å²) in [6, 6.07) is 15.9. The highest BCUT2D eigenvalue weighted by Gasteiger charge is 2.49. The summed E-state index contributed by atoms with van der Waals surface area (Å²) in [7, 11) is 1.32. The zero-order valence-electron chi connectivity index (χ0n) is 21.9. The van der Waals surface area contributed by atoms with Crippen LogP contribution in [0.25, 0.3) is 11.2 Å². The van der Waals surface area contributed by atoms with Crippen LogP contribution in [0.15, 0.2) is 60.9 Å². The second-order valence-electron chi connectivity index (χ2n) is 9.12. The average Bonchev–Trinajstić information content (AvgIpc) is 3.38.